The van der Waals surface area contributed by atoms with Crippen LogP contribution < -0.4 is 16.0 Å². The Kier molecular flexibility index (Phi) is 6.80. The minimum Gasteiger partial charge on any atom is -0.450 e. The average molecular weight is 310 g/mol. The minimum absolute atomic E-state index is 0.0816. The molecule has 2 aliphatic carbocycles. The first kappa shape index (κ1) is 16.9. The third-order valence-corrected chi connectivity index (χ3v) is 4.26. The van der Waals surface area contributed by atoms with Gasteiger partial charge in [0.05, 0.1) is 19.2 Å². The van der Waals surface area contributed by atoms with E-state index in [1.54, 1.807) is 0 Å². The molecular weight excluding hydrogens is 280 g/mol. The zero-order valence-electron chi connectivity index (χ0n) is 13.9. The lowest BCUT2D eigenvalue weighted by molar-refractivity contribution is 0.147. The van der Waals surface area contributed by atoms with Gasteiger partial charge in [-0.1, -0.05) is 12.8 Å². The van der Waals surface area contributed by atoms with Gasteiger partial charge in [-0.25, -0.2) is 4.79 Å². The number of hydrogen-bond acceptors (Lipinski definition) is 3. The normalized spacial score (nSPS) is 20.5. The van der Waals surface area contributed by atoms with Crippen molar-refractivity contribution in [2.45, 2.75) is 64.5 Å². The first-order valence-corrected chi connectivity index (χ1v) is 8.71. The SMILES string of the molecule is CCNC(=NCC(NC(=O)OCC)C1CC1)NC1CCCC1. The molecule has 126 valence electrons. The zero-order chi connectivity index (χ0) is 15.8. The number of carbonyl (C=O) groups is 1. The van der Waals surface area contributed by atoms with Gasteiger partial charge < -0.3 is 20.7 Å². The van der Waals surface area contributed by atoms with Gasteiger partial charge >= 0.3 is 6.09 Å². The van der Waals surface area contributed by atoms with E-state index in [-0.39, 0.29) is 12.1 Å². The van der Waals surface area contributed by atoms with E-state index >= 15 is 0 Å². The average Bonchev–Trinajstić information content (AvgIpc) is 3.21. The van der Waals surface area contributed by atoms with E-state index in [1.165, 1.54) is 38.5 Å². The Morgan fingerprint density at radius 1 is 1.23 bits per heavy atom. The fourth-order valence-electron chi connectivity index (χ4n) is 2.91. The van der Waals surface area contributed by atoms with Crippen LogP contribution in [0.4, 0.5) is 4.79 Å². The number of alkyl carbamates (subject to hydrolysis) is 1. The Bertz CT molecular complexity index is 376. The van der Waals surface area contributed by atoms with Crippen LogP contribution in [-0.4, -0.2) is 43.8 Å². The van der Waals surface area contributed by atoms with E-state index in [4.69, 9.17) is 4.74 Å². The quantitative estimate of drug-likeness (QED) is 0.497. The van der Waals surface area contributed by atoms with Crippen molar-refractivity contribution in [1.82, 2.24) is 16.0 Å². The number of amides is 1. The first-order chi connectivity index (χ1) is 10.7. The molecule has 0 aromatic heterocycles. The Morgan fingerprint density at radius 2 is 1.95 bits per heavy atom. The van der Waals surface area contributed by atoms with E-state index in [2.05, 4.69) is 27.9 Å². The summed E-state index contributed by atoms with van der Waals surface area (Å²) in [4.78, 5) is 16.3. The highest BCUT2D eigenvalue weighted by molar-refractivity contribution is 5.80. The lowest BCUT2D eigenvalue weighted by Crippen LogP contribution is -2.44. The van der Waals surface area contributed by atoms with Gasteiger partial charge in [0.15, 0.2) is 5.96 Å². The maximum atomic E-state index is 11.6. The van der Waals surface area contributed by atoms with Gasteiger partial charge in [-0.2, -0.15) is 0 Å². The van der Waals surface area contributed by atoms with E-state index < -0.39 is 0 Å². The molecule has 0 heterocycles. The van der Waals surface area contributed by atoms with Crippen molar-refractivity contribution in [3.63, 3.8) is 0 Å². The van der Waals surface area contributed by atoms with Crippen molar-refractivity contribution in [3.05, 3.63) is 0 Å². The molecule has 2 fully saturated rings. The highest BCUT2D eigenvalue weighted by Crippen LogP contribution is 2.32. The number of carbonyl (C=O) groups excluding carboxylic acids is 1. The topological polar surface area (TPSA) is 74.8 Å². The molecule has 1 unspecified atom stereocenters. The fraction of sp³-hybridized carbons (Fsp3) is 0.875. The van der Waals surface area contributed by atoms with E-state index in [9.17, 15) is 4.79 Å². The second kappa shape index (κ2) is 8.86. The maximum absolute atomic E-state index is 11.6. The number of hydrogen-bond donors (Lipinski definition) is 3. The second-order valence-corrected chi connectivity index (χ2v) is 6.15. The van der Waals surface area contributed by atoms with Crippen molar-refractivity contribution < 1.29 is 9.53 Å². The number of nitrogens with one attached hydrogen (secondary N) is 3. The van der Waals surface area contributed by atoms with Gasteiger partial charge in [-0.05, 0) is 45.4 Å². The Hall–Kier alpha value is -1.46. The lowest BCUT2D eigenvalue weighted by atomic mass is 10.2. The molecule has 0 aliphatic heterocycles. The summed E-state index contributed by atoms with van der Waals surface area (Å²) < 4.78 is 4.98. The van der Waals surface area contributed by atoms with Gasteiger partial charge in [0.25, 0.3) is 0 Å². The molecular formula is C16H30N4O2. The standard InChI is InChI=1S/C16H30N4O2/c1-3-17-15(19-13-7-5-6-8-13)18-11-14(12-9-10-12)20-16(21)22-4-2/h12-14H,3-11H2,1-2H3,(H,20,21)(H2,17,18,19). The molecule has 0 radical (unpaired) electrons. The lowest BCUT2D eigenvalue weighted by Gasteiger charge is -2.19. The summed E-state index contributed by atoms with van der Waals surface area (Å²) in [6, 6.07) is 0.619. The molecule has 0 aromatic rings. The Labute approximate surface area is 133 Å². The van der Waals surface area contributed by atoms with Gasteiger partial charge in [0.2, 0.25) is 0 Å². The predicted octanol–water partition coefficient (Wildman–Crippen LogP) is 2.01. The molecule has 6 heteroatoms. The van der Waals surface area contributed by atoms with Crippen molar-refractivity contribution in [2.24, 2.45) is 10.9 Å². The first-order valence-electron chi connectivity index (χ1n) is 8.71. The van der Waals surface area contributed by atoms with Crippen LogP contribution in [0.2, 0.25) is 0 Å². The fourth-order valence-corrected chi connectivity index (χ4v) is 2.91. The van der Waals surface area contributed by atoms with Crippen LogP contribution in [0.25, 0.3) is 0 Å². The van der Waals surface area contributed by atoms with Crippen LogP contribution >= 0.6 is 0 Å². The predicted molar refractivity (Wildman–Crippen MR) is 88.0 cm³/mol. The molecule has 1 atom stereocenters. The molecule has 2 saturated carbocycles. The summed E-state index contributed by atoms with van der Waals surface area (Å²) in [6.07, 6.45) is 7.04. The van der Waals surface area contributed by atoms with Crippen LogP contribution in [0.1, 0.15) is 52.4 Å². The molecule has 2 rings (SSSR count). The van der Waals surface area contributed by atoms with Gasteiger partial charge in [-0.3, -0.25) is 4.99 Å². The van der Waals surface area contributed by atoms with Crippen molar-refractivity contribution in [3.8, 4) is 0 Å². The monoisotopic (exact) mass is 310 g/mol. The van der Waals surface area contributed by atoms with Crippen LogP contribution in [0.3, 0.4) is 0 Å². The number of nitrogens with zero attached hydrogens (tertiary/aromatic N) is 1. The summed E-state index contributed by atoms with van der Waals surface area (Å²) in [5.74, 6) is 1.41. The van der Waals surface area contributed by atoms with Gasteiger partial charge in [0, 0.05) is 12.6 Å². The summed E-state index contributed by atoms with van der Waals surface area (Å²) in [6.45, 7) is 5.74. The summed E-state index contributed by atoms with van der Waals surface area (Å²) >= 11 is 0. The molecule has 0 spiro atoms. The molecule has 0 bridgehead atoms. The summed E-state index contributed by atoms with van der Waals surface area (Å²) in [5, 5.41) is 9.75. The molecule has 1 amide bonds. The molecule has 6 nitrogen and oxygen atoms in total. The zero-order valence-corrected chi connectivity index (χ0v) is 13.9. The van der Waals surface area contributed by atoms with E-state index in [0.29, 0.717) is 25.1 Å². The molecule has 0 saturated heterocycles. The van der Waals surface area contributed by atoms with Crippen molar-refractivity contribution in [1.29, 1.82) is 0 Å². The smallest absolute Gasteiger partial charge is 0.407 e. The molecule has 0 aromatic carbocycles. The van der Waals surface area contributed by atoms with Crippen molar-refractivity contribution in [2.75, 3.05) is 19.7 Å². The maximum Gasteiger partial charge on any atom is 0.407 e. The van der Waals surface area contributed by atoms with Crippen LogP contribution in [0, 0.1) is 5.92 Å². The number of aliphatic imine (C=N–C) groups is 1. The minimum atomic E-state index is -0.330. The third kappa shape index (κ3) is 5.73. The number of guanidine groups is 1. The molecule has 2 aliphatic rings. The number of rotatable bonds is 7. The highest BCUT2D eigenvalue weighted by Gasteiger charge is 2.32. The molecule has 3 N–H and O–H groups in total. The largest absolute Gasteiger partial charge is 0.450 e. The van der Waals surface area contributed by atoms with Crippen LogP contribution in [0.5, 0.6) is 0 Å². The van der Waals surface area contributed by atoms with E-state index in [0.717, 1.165) is 12.5 Å². The third-order valence-electron chi connectivity index (χ3n) is 4.26. The van der Waals surface area contributed by atoms with Gasteiger partial charge in [0.1, 0.15) is 0 Å². The van der Waals surface area contributed by atoms with Gasteiger partial charge in [-0.15, -0.1) is 0 Å². The van der Waals surface area contributed by atoms with Crippen LogP contribution in [-0.2, 0) is 4.74 Å². The summed E-state index contributed by atoms with van der Waals surface area (Å²) in [7, 11) is 0. The van der Waals surface area contributed by atoms with Crippen LogP contribution in [0.15, 0.2) is 4.99 Å². The molecule has 22 heavy (non-hydrogen) atoms. The second-order valence-electron chi connectivity index (χ2n) is 6.15. The van der Waals surface area contributed by atoms with E-state index in [1.807, 2.05) is 6.92 Å². The highest BCUT2D eigenvalue weighted by atomic mass is 16.5. The number of ether oxygens (including phenoxy) is 1. The Morgan fingerprint density at radius 3 is 2.55 bits per heavy atom. The van der Waals surface area contributed by atoms with Crippen molar-refractivity contribution >= 4 is 12.1 Å². The summed E-state index contributed by atoms with van der Waals surface area (Å²) in [5.41, 5.74) is 0. The Balaban J connectivity index is 1.86.